The number of allylic oxidation sites excluding steroid dienone is 1. The van der Waals surface area contributed by atoms with Crippen LogP contribution in [0.3, 0.4) is 0 Å². The summed E-state index contributed by atoms with van der Waals surface area (Å²) in [4.78, 5) is 0. The third-order valence-corrected chi connectivity index (χ3v) is 3.37. The molecule has 0 atom stereocenters. The zero-order chi connectivity index (χ0) is 19.2. The highest BCUT2D eigenvalue weighted by molar-refractivity contribution is 5.58. The van der Waals surface area contributed by atoms with Gasteiger partial charge in [-0.25, -0.2) is 4.39 Å². The molecule has 138 valence electrons. The van der Waals surface area contributed by atoms with Crippen LogP contribution in [0, 0.1) is 12.7 Å². The first-order chi connectivity index (χ1) is 11.9. The number of halogens is 1. The molecular weight excluding hydrogens is 311 g/mol. The zero-order valence-corrected chi connectivity index (χ0v) is 16.3. The Morgan fingerprint density at radius 1 is 1.12 bits per heavy atom. The van der Waals surface area contributed by atoms with Gasteiger partial charge in [-0.15, -0.1) is 6.58 Å². The lowest BCUT2D eigenvalue weighted by atomic mass is 10.1. The molecule has 3 heteroatoms. The summed E-state index contributed by atoms with van der Waals surface area (Å²) < 4.78 is 12.7. The molecule has 2 aromatic carbocycles. The van der Waals surface area contributed by atoms with Gasteiger partial charge in [0, 0.05) is 17.9 Å². The van der Waals surface area contributed by atoms with Gasteiger partial charge in [-0.2, -0.15) is 0 Å². The molecule has 2 nitrogen and oxygen atoms in total. The number of nitrogens with two attached hydrogens (primary N) is 1. The van der Waals surface area contributed by atoms with E-state index in [1.807, 2.05) is 39.0 Å². The second-order valence-electron chi connectivity index (χ2n) is 5.76. The molecule has 0 bridgehead atoms. The number of hydrogen-bond acceptors (Lipinski definition) is 2. The van der Waals surface area contributed by atoms with Gasteiger partial charge in [-0.1, -0.05) is 51.0 Å². The molecule has 0 saturated heterocycles. The fraction of sp³-hybridized carbons (Fsp3) is 0.364. The molecule has 25 heavy (non-hydrogen) atoms. The van der Waals surface area contributed by atoms with Crippen LogP contribution in [0.5, 0.6) is 0 Å². The van der Waals surface area contributed by atoms with Gasteiger partial charge in [0.25, 0.3) is 0 Å². The van der Waals surface area contributed by atoms with E-state index in [4.69, 9.17) is 5.73 Å². The van der Waals surface area contributed by atoms with Crippen LogP contribution >= 0.6 is 0 Å². The quantitative estimate of drug-likeness (QED) is 0.467. The largest absolute Gasteiger partial charge is 0.398 e. The lowest BCUT2D eigenvalue weighted by molar-refractivity contribution is 0.627. The molecular formula is C22H33FN2. The smallest absolute Gasteiger partial charge is 0.123 e. The van der Waals surface area contributed by atoms with Gasteiger partial charge < -0.3 is 11.1 Å². The summed E-state index contributed by atoms with van der Waals surface area (Å²) in [7, 11) is 0. The predicted octanol–water partition coefficient (Wildman–Crippen LogP) is 6.72. The first-order valence-electron chi connectivity index (χ1n) is 8.91. The van der Waals surface area contributed by atoms with Crippen molar-refractivity contribution in [3.8, 4) is 0 Å². The Kier molecular flexibility index (Phi) is 11.9. The number of benzene rings is 2. The van der Waals surface area contributed by atoms with Crippen molar-refractivity contribution in [1.82, 2.24) is 0 Å². The average Bonchev–Trinajstić information content (AvgIpc) is 2.59. The SMILES string of the molecule is C=C(C)CCC.CC.Cc1ccc(NCc2ccc(F)cc2)cc1N. The van der Waals surface area contributed by atoms with Crippen LogP contribution in [-0.4, -0.2) is 0 Å². The summed E-state index contributed by atoms with van der Waals surface area (Å²) >= 11 is 0. The van der Waals surface area contributed by atoms with Crippen molar-refractivity contribution in [2.24, 2.45) is 0 Å². The van der Waals surface area contributed by atoms with E-state index in [2.05, 4.69) is 25.7 Å². The van der Waals surface area contributed by atoms with Gasteiger partial charge in [0.15, 0.2) is 0 Å². The van der Waals surface area contributed by atoms with Gasteiger partial charge in [-0.05, 0) is 55.7 Å². The standard InChI is InChI=1S/C14H15FN2.C6H12.C2H6/c1-10-2-7-13(8-14(10)16)17-9-11-3-5-12(15)6-4-11;1-4-5-6(2)3;1-2/h2-8,17H,9,16H2,1H3;2,4-5H2,1,3H3;1-2H3. The van der Waals surface area contributed by atoms with Gasteiger partial charge in [-0.3, -0.25) is 0 Å². The highest BCUT2D eigenvalue weighted by atomic mass is 19.1. The normalized spacial score (nSPS) is 9.20. The maximum absolute atomic E-state index is 12.7. The monoisotopic (exact) mass is 344 g/mol. The number of hydrogen-bond donors (Lipinski definition) is 2. The van der Waals surface area contributed by atoms with Crippen molar-refractivity contribution in [2.45, 2.75) is 54.0 Å². The van der Waals surface area contributed by atoms with Crippen molar-refractivity contribution in [3.63, 3.8) is 0 Å². The summed E-state index contributed by atoms with van der Waals surface area (Å²) in [5.41, 5.74) is 11.0. The molecule has 0 aromatic heterocycles. The minimum atomic E-state index is -0.215. The fourth-order valence-electron chi connectivity index (χ4n) is 1.98. The Hall–Kier alpha value is -2.29. The van der Waals surface area contributed by atoms with Crippen LogP contribution in [0.15, 0.2) is 54.6 Å². The maximum atomic E-state index is 12.7. The minimum absolute atomic E-state index is 0.215. The molecule has 0 fully saturated rings. The van der Waals surface area contributed by atoms with Crippen molar-refractivity contribution in [3.05, 3.63) is 71.6 Å². The summed E-state index contributed by atoms with van der Waals surface area (Å²) in [6, 6.07) is 12.3. The lowest BCUT2D eigenvalue weighted by Crippen LogP contribution is -2.00. The molecule has 0 radical (unpaired) electrons. The summed E-state index contributed by atoms with van der Waals surface area (Å²) in [5.74, 6) is -0.215. The second kappa shape index (κ2) is 13.1. The molecule has 0 spiro atoms. The Morgan fingerprint density at radius 3 is 2.16 bits per heavy atom. The zero-order valence-electron chi connectivity index (χ0n) is 16.3. The van der Waals surface area contributed by atoms with E-state index in [1.54, 1.807) is 12.1 Å². The molecule has 0 amide bonds. The number of nitrogen functional groups attached to an aromatic ring is 1. The van der Waals surface area contributed by atoms with Crippen LogP contribution in [-0.2, 0) is 6.54 Å². The Balaban J connectivity index is 0.000000614. The Labute approximate surface area is 153 Å². The van der Waals surface area contributed by atoms with Crippen molar-refractivity contribution < 1.29 is 4.39 Å². The van der Waals surface area contributed by atoms with E-state index in [0.29, 0.717) is 6.54 Å². The molecule has 0 heterocycles. The van der Waals surface area contributed by atoms with Crippen LogP contribution < -0.4 is 11.1 Å². The number of aryl methyl sites for hydroxylation is 1. The van der Waals surface area contributed by atoms with Gasteiger partial charge in [0.05, 0.1) is 0 Å². The molecule has 2 rings (SSSR count). The van der Waals surface area contributed by atoms with Crippen molar-refractivity contribution in [2.75, 3.05) is 11.1 Å². The maximum Gasteiger partial charge on any atom is 0.123 e. The van der Waals surface area contributed by atoms with Crippen LogP contribution in [0.25, 0.3) is 0 Å². The molecule has 0 saturated carbocycles. The number of anilines is 2. The van der Waals surface area contributed by atoms with Crippen molar-refractivity contribution >= 4 is 11.4 Å². The minimum Gasteiger partial charge on any atom is -0.398 e. The molecule has 2 aromatic rings. The first kappa shape index (κ1) is 22.7. The third kappa shape index (κ3) is 10.2. The molecule has 0 unspecified atom stereocenters. The third-order valence-electron chi connectivity index (χ3n) is 3.37. The Morgan fingerprint density at radius 2 is 1.72 bits per heavy atom. The summed E-state index contributed by atoms with van der Waals surface area (Å²) in [5, 5.41) is 3.25. The molecule has 0 aliphatic carbocycles. The van der Waals surface area contributed by atoms with E-state index >= 15 is 0 Å². The van der Waals surface area contributed by atoms with Crippen LogP contribution in [0.1, 0.15) is 51.7 Å². The van der Waals surface area contributed by atoms with Gasteiger partial charge >= 0.3 is 0 Å². The molecule has 0 aliphatic heterocycles. The second-order valence-corrected chi connectivity index (χ2v) is 5.76. The first-order valence-corrected chi connectivity index (χ1v) is 8.91. The van der Waals surface area contributed by atoms with Crippen molar-refractivity contribution in [1.29, 1.82) is 0 Å². The number of rotatable bonds is 5. The van der Waals surface area contributed by atoms with Crippen LogP contribution in [0.4, 0.5) is 15.8 Å². The average molecular weight is 345 g/mol. The summed E-state index contributed by atoms with van der Waals surface area (Å²) in [6.45, 7) is 14.6. The molecule has 0 aliphatic rings. The Bertz CT molecular complexity index is 618. The lowest BCUT2D eigenvalue weighted by Gasteiger charge is -2.08. The fourth-order valence-corrected chi connectivity index (χ4v) is 1.98. The topological polar surface area (TPSA) is 38.0 Å². The van der Waals surface area contributed by atoms with Gasteiger partial charge in [0.2, 0.25) is 0 Å². The number of nitrogens with one attached hydrogen (secondary N) is 1. The molecule has 3 N–H and O–H groups in total. The van der Waals surface area contributed by atoms with Crippen LogP contribution in [0.2, 0.25) is 0 Å². The highest BCUT2D eigenvalue weighted by Gasteiger charge is 1.97. The predicted molar refractivity (Wildman–Crippen MR) is 110 cm³/mol. The van der Waals surface area contributed by atoms with E-state index in [-0.39, 0.29) is 5.82 Å². The van der Waals surface area contributed by atoms with Gasteiger partial charge in [0.1, 0.15) is 5.82 Å². The van der Waals surface area contributed by atoms with E-state index < -0.39 is 0 Å². The van der Waals surface area contributed by atoms with E-state index in [0.717, 1.165) is 22.5 Å². The van der Waals surface area contributed by atoms with E-state index in [1.165, 1.54) is 30.5 Å². The highest BCUT2D eigenvalue weighted by Crippen LogP contribution is 2.17. The van der Waals surface area contributed by atoms with E-state index in [9.17, 15) is 4.39 Å². The summed E-state index contributed by atoms with van der Waals surface area (Å²) in [6.07, 6.45) is 2.41.